The van der Waals surface area contributed by atoms with Gasteiger partial charge in [0.1, 0.15) is 11.4 Å². The first-order chi connectivity index (χ1) is 18.7. The standard InChI is InChI=1S/C27H40FN3O4S2.HNO2.H2/c1-8-27(4,35-9-2)26(32)29-37(33,34)24-14-15-25(20(3)18-24)31(7)22(16-17-30(5)6)19-36-23-12-10-21(28)11-13-23;2-1-3;/h10-15,18,22H,8-9,16-17,19H2,1-7H3,(H,29,32);(H,2,3);1H/t22-,27?;;/m1../s1. The number of benzene rings is 2. The summed E-state index contributed by atoms with van der Waals surface area (Å²) in [5.41, 5.74) is 0.461. The topological polar surface area (TPSA) is 129 Å². The van der Waals surface area contributed by atoms with Gasteiger partial charge < -0.3 is 19.7 Å². The first-order valence-electron chi connectivity index (χ1n) is 12.8. The molecule has 13 heteroatoms. The Morgan fingerprint density at radius 3 is 2.30 bits per heavy atom. The molecular weight excluding hydrogens is 559 g/mol. The average Bonchev–Trinajstić information content (AvgIpc) is 2.89. The van der Waals surface area contributed by atoms with Crippen LogP contribution in [0.3, 0.4) is 0 Å². The highest BCUT2D eigenvalue weighted by Gasteiger charge is 2.35. The van der Waals surface area contributed by atoms with E-state index in [2.05, 4.69) is 14.5 Å². The van der Waals surface area contributed by atoms with Crippen LogP contribution in [0.5, 0.6) is 0 Å². The van der Waals surface area contributed by atoms with Crippen LogP contribution >= 0.6 is 11.8 Å². The molecule has 0 aliphatic heterocycles. The van der Waals surface area contributed by atoms with Crippen LogP contribution in [0.25, 0.3) is 0 Å². The maximum absolute atomic E-state index is 13.3. The summed E-state index contributed by atoms with van der Waals surface area (Å²) in [6.45, 7) is 8.16. The number of rotatable bonds is 14. The van der Waals surface area contributed by atoms with E-state index in [-0.39, 0.29) is 18.2 Å². The Balaban J connectivity index is 0.00000382. The Morgan fingerprint density at radius 2 is 1.80 bits per heavy atom. The smallest absolute Gasteiger partial charge is 0.265 e. The highest BCUT2D eigenvalue weighted by atomic mass is 32.2. The van der Waals surface area contributed by atoms with Crippen LogP contribution in [-0.4, -0.2) is 76.1 Å². The molecule has 0 aromatic heterocycles. The van der Waals surface area contributed by atoms with Crippen molar-refractivity contribution in [3.05, 3.63) is 58.8 Å². The minimum absolute atomic E-state index is 0. The second kappa shape index (κ2) is 16.5. The second-order valence-electron chi connectivity index (χ2n) is 9.60. The second-order valence-corrected chi connectivity index (χ2v) is 12.4. The molecule has 0 saturated carbocycles. The van der Waals surface area contributed by atoms with Gasteiger partial charge in [-0.15, -0.1) is 16.7 Å². The Bertz CT molecular complexity index is 1200. The van der Waals surface area contributed by atoms with Gasteiger partial charge in [0, 0.05) is 37.5 Å². The third-order valence-electron chi connectivity index (χ3n) is 6.42. The van der Waals surface area contributed by atoms with Crippen molar-refractivity contribution >= 4 is 33.4 Å². The summed E-state index contributed by atoms with van der Waals surface area (Å²) in [5.74, 6) is -0.166. The van der Waals surface area contributed by atoms with Gasteiger partial charge in [0.15, 0.2) is 5.34 Å². The Kier molecular flexibility index (Phi) is 14.6. The minimum atomic E-state index is -4.07. The van der Waals surface area contributed by atoms with Gasteiger partial charge in [0.05, 0.1) is 4.90 Å². The lowest BCUT2D eigenvalue weighted by atomic mass is 10.0. The van der Waals surface area contributed by atoms with Crippen LogP contribution in [0, 0.1) is 17.6 Å². The molecule has 2 atom stereocenters. The average molecular weight is 603 g/mol. The Morgan fingerprint density at radius 1 is 1.20 bits per heavy atom. The molecule has 0 bridgehead atoms. The molecule has 2 aromatic carbocycles. The maximum atomic E-state index is 13.3. The van der Waals surface area contributed by atoms with E-state index in [1.165, 1.54) is 23.5 Å². The third kappa shape index (κ3) is 10.7. The molecule has 2 rings (SSSR count). The summed E-state index contributed by atoms with van der Waals surface area (Å²) in [6, 6.07) is 11.5. The number of halogens is 1. The molecule has 0 heterocycles. The largest absolute Gasteiger partial charge is 0.379 e. The van der Waals surface area contributed by atoms with Gasteiger partial charge in [0.2, 0.25) is 0 Å². The zero-order chi connectivity index (χ0) is 30.5. The zero-order valence-electron chi connectivity index (χ0n) is 24.2. The number of nitrogens with zero attached hydrogens (tertiary/aromatic N) is 3. The van der Waals surface area contributed by atoms with Gasteiger partial charge in [-0.05, 0) is 102 Å². The van der Waals surface area contributed by atoms with Crippen molar-refractivity contribution in [1.29, 1.82) is 0 Å². The van der Waals surface area contributed by atoms with Crippen LogP contribution in [0.2, 0.25) is 0 Å². The molecule has 40 heavy (non-hydrogen) atoms. The van der Waals surface area contributed by atoms with Crippen LogP contribution in [0.4, 0.5) is 10.1 Å². The molecule has 1 unspecified atom stereocenters. The van der Waals surface area contributed by atoms with Crippen molar-refractivity contribution in [3.63, 3.8) is 0 Å². The number of carbonyl (C=O) groups is 1. The van der Waals surface area contributed by atoms with Gasteiger partial charge in [0.25, 0.3) is 15.9 Å². The van der Waals surface area contributed by atoms with Crippen molar-refractivity contribution in [2.75, 3.05) is 44.9 Å². The number of anilines is 1. The van der Waals surface area contributed by atoms with Crippen LogP contribution < -0.4 is 9.62 Å². The van der Waals surface area contributed by atoms with Gasteiger partial charge in [-0.2, -0.15) is 0 Å². The SMILES string of the molecule is CCOC(C)(CC)C(=O)NS(=O)(=O)c1ccc(N(C)[C@H](CCN(C)C)CSc2ccc(F)cc2)c(C)c1.O=NO.[HH]. The lowest BCUT2D eigenvalue weighted by molar-refractivity contribution is -0.142. The molecule has 1 amide bonds. The zero-order valence-corrected chi connectivity index (χ0v) is 25.8. The number of ether oxygens (including phenoxy) is 1. The number of hydrogen-bond donors (Lipinski definition) is 2. The Labute approximate surface area is 242 Å². The summed E-state index contributed by atoms with van der Waals surface area (Å²) in [4.78, 5) is 26.1. The monoisotopic (exact) mass is 602 g/mol. The number of aryl methyl sites for hydroxylation is 1. The quantitative estimate of drug-likeness (QED) is 0.173. The number of nitrogens with one attached hydrogen (secondary N) is 1. The van der Waals surface area contributed by atoms with E-state index in [1.54, 1.807) is 56.8 Å². The molecule has 10 nitrogen and oxygen atoms in total. The molecule has 0 radical (unpaired) electrons. The van der Waals surface area contributed by atoms with Gasteiger partial charge in [-0.25, -0.2) is 17.5 Å². The van der Waals surface area contributed by atoms with E-state index < -0.39 is 21.5 Å². The lowest BCUT2D eigenvalue weighted by Crippen LogP contribution is -2.48. The van der Waals surface area contributed by atoms with Gasteiger partial charge >= 0.3 is 0 Å². The maximum Gasteiger partial charge on any atom is 0.265 e. The molecule has 0 fully saturated rings. The summed E-state index contributed by atoms with van der Waals surface area (Å²) >= 11 is 1.66. The lowest BCUT2D eigenvalue weighted by Gasteiger charge is -2.32. The number of hydrogen-bond acceptors (Lipinski definition) is 9. The van der Waals surface area contributed by atoms with Crippen LogP contribution in [-0.2, 0) is 19.6 Å². The fraction of sp³-hybridized carbons (Fsp3) is 0.519. The highest BCUT2D eigenvalue weighted by Crippen LogP contribution is 2.28. The number of sulfonamides is 1. The van der Waals surface area contributed by atoms with E-state index in [9.17, 15) is 17.6 Å². The van der Waals surface area contributed by atoms with Crippen molar-refractivity contribution < 1.29 is 29.0 Å². The van der Waals surface area contributed by atoms with Gasteiger partial charge in [-0.3, -0.25) is 4.79 Å². The van der Waals surface area contributed by atoms with E-state index >= 15 is 0 Å². The molecular formula is C27H43FN4O6S2. The predicted molar refractivity (Wildman–Crippen MR) is 159 cm³/mol. The first kappa shape index (κ1) is 35.3. The van der Waals surface area contributed by atoms with Crippen molar-refractivity contribution in [2.24, 2.45) is 5.34 Å². The van der Waals surface area contributed by atoms with Crippen LogP contribution in [0.15, 0.2) is 57.6 Å². The van der Waals surface area contributed by atoms with Crippen molar-refractivity contribution in [1.82, 2.24) is 9.62 Å². The minimum Gasteiger partial charge on any atom is -0.379 e. The van der Waals surface area contributed by atoms with Crippen LogP contribution in [0.1, 0.15) is 40.6 Å². The number of thioether (sulfide) groups is 1. The summed E-state index contributed by atoms with van der Waals surface area (Å²) in [6.07, 6.45) is 1.23. The molecule has 0 aliphatic rings. The number of carbonyl (C=O) groups excluding carboxylic acids is 1. The fourth-order valence-electron chi connectivity index (χ4n) is 3.84. The summed E-state index contributed by atoms with van der Waals surface area (Å²) in [5, 5.41) is 7.89. The van der Waals surface area contributed by atoms with E-state index in [1.807, 2.05) is 28.1 Å². The van der Waals surface area contributed by atoms with Gasteiger partial charge in [-0.1, -0.05) is 6.92 Å². The predicted octanol–water partition coefficient (Wildman–Crippen LogP) is 5.08. The molecule has 0 spiro atoms. The van der Waals surface area contributed by atoms with E-state index in [0.717, 1.165) is 34.9 Å². The molecule has 2 aromatic rings. The normalized spacial score (nSPS) is 13.5. The third-order valence-corrected chi connectivity index (χ3v) is 8.90. The van der Waals surface area contributed by atoms with E-state index in [0.29, 0.717) is 13.0 Å². The molecule has 2 N–H and O–H groups in total. The highest BCUT2D eigenvalue weighted by molar-refractivity contribution is 7.99. The molecule has 0 saturated heterocycles. The van der Waals surface area contributed by atoms with Crippen molar-refractivity contribution in [3.8, 4) is 0 Å². The van der Waals surface area contributed by atoms with Crippen molar-refractivity contribution in [2.45, 2.75) is 62.0 Å². The summed E-state index contributed by atoms with van der Waals surface area (Å²) in [7, 11) is 1.98. The first-order valence-corrected chi connectivity index (χ1v) is 15.3. The molecule has 226 valence electrons. The van der Waals surface area contributed by atoms with E-state index in [4.69, 9.17) is 14.9 Å². The summed E-state index contributed by atoms with van der Waals surface area (Å²) < 4.78 is 47.0. The molecule has 0 aliphatic carbocycles. The fourth-order valence-corrected chi connectivity index (χ4v) is 6.10. The Hall–Kier alpha value is -2.74. The number of amides is 1.